The number of hydrogen-bond donors (Lipinski definition) is 1. The van der Waals surface area contributed by atoms with Crippen molar-refractivity contribution in [3.05, 3.63) is 60.2 Å². The van der Waals surface area contributed by atoms with Gasteiger partial charge in [0.05, 0.1) is 5.75 Å². The van der Waals surface area contributed by atoms with E-state index in [0.717, 1.165) is 30.8 Å². The first-order valence-electron chi connectivity index (χ1n) is 8.80. The highest BCUT2D eigenvalue weighted by molar-refractivity contribution is 7.99. The Balaban J connectivity index is 1.68. The lowest BCUT2D eigenvalue weighted by molar-refractivity contribution is -0.113. The fourth-order valence-corrected chi connectivity index (χ4v) is 3.41. The van der Waals surface area contributed by atoms with Crippen LogP contribution in [0.1, 0.15) is 31.7 Å². The van der Waals surface area contributed by atoms with E-state index in [2.05, 4.69) is 35.4 Å². The lowest BCUT2D eigenvalue weighted by Crippen LogP contribution is -2.16. The number of aryl methyl sites for hydroxylation is 2. The summed E-state index contributed by atoms with van der Waals surface area (Å²) >= 11 is 1.39. The van der Waals surface area contributed by atoms with Crippen molar-refractivity contribution in [1.82, 2.24) is 19.5 Å². The summed E-state index contributed by atoms with van der Waals surface area (Å²) in [6.45, 7) is 4.21. The van der Waals surface area contributed by atoms with Crippen LogP contribution in [0.25, 0.3) is 0 Å². The van der Waals surface area contributed by atoms with Gasteiger partial charge in [-0.15, -0.1) is 10.2 Å². The Kier molecular flexibility index (Phi) is 6.12. The van der Waals surface area contributed by atoms with Gasteiger partial charge in [0, 0.05) is 24.5 Å². The van der Waals surface area contributed by atoms with Gasteiger partial charge in [0.25, 0.3) is 0 Å². The molecule has 0 aliphatic heterocycles. The molecule has 1 amide bonds. The van der Waals surface area contributed by atoms with Gasteiger partial charge >= 0.3 is 0 Å². The van der Waals surface area contributed by atoms with E-state index in [-0.39, 0.29) is 11.7 Å². The Labute approximate surface area is 157 Å². The van der Waals surface area contributed by atoms with Crippen molar-refractivity contribution in [3.63, 3.8) is 0 Å². The number of carbonyl (C=O) groups is 1. The Morgan fingerprint density at radius 3 is 2.69 bits per heavy atom. The van der Waals surface area contributed by atoms with Crippen LogP contribution in [0.2, 0.25) is 0 Å². The highest BCUT2D eigenvalue weighted by Crippen LogP contribution is 2.19. The van der Waals surface area contributed by atoms with Crippen LogP contribution >= 0.6 is 11.8 Å². The minimum absolute atomic E-state index is 0.0534. The number of carbonyl (C=O) groups excluding carboxylic acids is 1. The van der Waals surface area contributed by atoms with Gasteiger partial charge in [-0.2, -0.15) is 0 Å². The van der Waals surface area contributed by atoms with Crippen LogP contribution < -0.4 is 5.32 Å². The highest BCUT2D eigenvalue weighted by Gasteiger charge is 2.15. The van der Waals surface area contributed by atoms with Gasteiger partial charge in [0.1, 0.15) is 0 Å². The molecule has 136 valence electrons. The zero-order valence-corrected chi connectivity index (χ0v) is 15.9. The number of rotatable bonds is 8. The molecule has 2 heterocycles. The predicted molar refractivity (Wildman–Crippen MR) is 104 cm³/mol. The van der Waals surface area contributed by atoms with Crippen LogP contribution in [-0.4, -0.2) is 31.2 Å². The quantitative estimate of drug-likeness (QED) is 0.616. The topological polar surface area (TPSA) is 64.7 Å². The summed E-state index contributed by atoms with van der Waals surface area (Å²) in [5.41, 5.74) is 2.03. The third kappa shape index (κ3) is 4.35. The zero-order chi connectivity index (χ0) is 18.4. The summed E-state index contributed by atoms with van der Waals surface area (Å²) in [7, 11) is 0. The maximum absolute atomic E-state index is 12.3. The minimum atomic E-state index is -0.0534. The molecule has 26 heavy (non-hydrogen) atoms. The van der Waals surface area contributed by atoms with Gasteiger partial charge < -0.3 is 5.32 Å². The Morgan fingerprint density at radius 1 is 1.15 bits per heavy atom. The molecule has 0 saturated heterocycles. The largest absolute Gasteiger partial charge is 0.325 e. The molecule has 0 saturated carbocycles. The number of amides is 1. The second-order valence-electron chi connectivity index (χ2n) is 5.91. The molecule has 1 N–H and O–H groups in total. The molecular formula is C19H23N5OS. The van der Waals surface area contributed by atoms with E-state index in [1.807, 2.05) is 52.1 Å². The predicted octanol–water partition coefficient (Wildman–Crippen LogP) is 3.64. The monoisotopic (exact) mass is 369 g/mol. The lowest BCUT2D eigenvalue weighted by atomic mass is 10.1. The van der Waals surface area contributed by atoms with Crippen molar-refractivity contribution >= 4 is 23.4 Å². The summed E-state index contributed by atoms with van der Waals surface area (Å²) in [5.74, 6) is 1.12. The molecule has 3 rings (SSSR count). The Bertz CT molecular complexity index is 857. The average molecular weight is 369 g/mol. The summed E-state index contributed by atoms with van der Waals surface area (Å²) in [4.78, 5) is 12.3. The minimum Gasteiger partial charge on any atom is -0.325 e. The first-order valence-corrected chi connectivity index (χ1v) is 9.79. The fourth-order valence-electron chi connectivity index (χ4n) is 2.65. The number of hydrogen-bond acceptors (Lipinski definition) is 4. The van der Waals surface area contributed by atoms with Crippen molar-refractivity contribution < 1.29 is 4.79 Å². The van der Waals surface area contributed by atoms with E-state index >= 15 is 0 Å². The highest BCUT2D eigenvalue weighted by atomic mass is 32.2. The van der Waals surface area contributed by atoms with Crippen LogP contribution in [0.4, 0.5) is 5.69 Å². The van der Waals surface area contributed by atoms with E-state index < -0.39 is 0 Å². The van der Waals surface area contributed by atoms with Gasteiger partial charge in [-0.25, -0.2) is 4.68 Å². The molecule has 6 nitrogen and oxygen atoms in total. The normalized spacial score (nSPS) is 10.8. The van der Waals surface area contributed by atoms with Gasteiger partial charge in [0.2, 0.25) is 11.1 Å². The summed E-state index contributed by atoms with van der Waals surface area (Å²) in [5, 5.41) is 12.2. The molecule has 2 aromatic heterocycles. The smallest absolute Gasteiger partial charge is 0.234 e. The first-order chi connectivity index (χ1) is 12.7. The maximum Gasteiger partial charge on any atom is 0.234 e. The van der Waals surface area contributed by atoms with E-state index in [1.165, 1.54) is 17.3 Å². The molecule has 0 fully saturated rings. The summed E-state index contributed by atoms with van der Waals surface area (Å²) in [6, 6.07) is 11.8. The summed E-state index contributed by atoms with van der Waals surface area (Å²) in [6.07, 6.45) is 6.66. The number of thioether (sulfide) groups is 1. The van der Waals surface area contributed by atoms with Crippen molar-refractivity contribution in [1.29, 1.82) is 0 Å². The Hall–Kier alpha value is -2.54. The number of nitrogens with zero attached hydrogens (tertiary/aromatic N) is 4. The van der Waals surface area contributed by atoms with Gasteiger partial charge in [0.15, 0.2) is 5.82 Å². The number of anilines is 1. The van der Waals surface area contributed by atoms with Gasteiger partial charge in [-0.3, -0.25) is 9.47 Å². The van der Waals surface area contributed by atoms with Gasteiger partial charge in [-0.1, -0.05) is 37.7 Å². The number of benzene rings is 1. The van der Waals surface area contributed by atoms with Crippen LogP contribution in [0.3, 0.4) is 0 Å². The SMILES string of the molecule is CCCc1nnc(SCC(=O)Nc2cccc(CC)c2)n1-n1cccc1. The summed E-state index contributed by atoms with van der Waals surface area (Å²) < 4.78 is 3.90. The van der Waals surface area contributed by atoms with Crippen LogP contribution in [0.5, 0.6) is 0 Å². The second-order valence-corrected chi connectivity index (χ2v) is 6.86. The zero-order valence-electron chi connectivity index (χ0n) is 15.1. The molecule has 0 spiro atoms. The standard InChI is InChI=1S/C19H23N5OS/c1-3-8-17-21-22-19(24(17)23-11-5-6-12-23)26-14-18(25)20-16-10-7-9-15(4-2)13-16/h5-7,9-13H,3-4,8,14H2,1-2H3,(H,20,25). The third-order valence-electron chi connectivity index (χ3n) is 3.92. The molecule has 0 aliphatic rings. The third-order valence-corrected chi connectivity index (χ3v) is 4.84. The van der Waals surface area contributed by atoms with Crippen LogP contribution in [-0.2, 0) is 17.6 Å². The van der Waals surface area contributed by atoms with Crippen molar-refractivity contribution in [2.75, 3.05) is 11.1 Å². The number of aromatic nitrogens is 4. The van der Waals surface area contributed by atoms with E-state index in [9.17, 15) is 4.79 Å². The van der Waals surface area contributed by atoms with Crippen LogP contribution in [0.15, 0.2) is 53.9 Å². The van der Waals surface area contributed by atoms with Crippen LogP contribution in [0, 0.1) is 0 Å². The Morgan fingerprint density at radius 2 is 1.96 bits per heavy atom. The van der Waals surface area contributed by atoms with Crippen molar-refractivity contribution in [2.24, 2.45) is 0 Å². The molecule has 0 bridgehead atoms. The molecule has 0 aliphatic carbocycles. The molecule has 0 unspecified atom stereocenters. The molecule has 0 radical (unpaired) electrons. The van der Waals surface area contributed by atoms with E-state index in [1.54, 1.807) is 0 Å². The molecular weight excluding hydrogens is 346 g/mol. The molecule has 1 aromatic carbocycles. The number of nitrogens with one attached hydrogen (secondary N) is 1. The van der Waals surface area contributed by atoms with E-state index in [0.29, 0.717) is 5.16 Å². The molecule has 3 aromatic rings. The maximum atomic E-state index is 12.3. The second kappa shape index (κ2) is 8.71. The average Bonchev–Trinajstić information content (AvgIpc) is 3.30. The lowest BCUT2D eigenvalue weighted by Gasteiger charge is -2.11. The van der Waals surface area contributed by atoms with Crippen molar-refractivity contribution in [3.8, 4) is 0 Å². The first kappa shape index (κ1) is 18.3. The van der Waals surface area contributed by atoms with E-state index in [4.69, 9.17) is 0 Å². The molecule has 7 heteroatoms. The van der Waals surface area contributed by atoms with Crippen molar-refractivity contribution in [2.45, 2.75) is 38.3 Å². The molecule has 0 atom stereocenters. The fraction of sp³-hybridized carbons (Fsp3) is 0.316. The van der Waals surface area contributed by atoms with Gasteiger partial charge in [-0.05, 0) is 42.7 Å².